The van der Waals surface area contributed by atoms with Gasteiger partial charge in [-0.05, 0) is 32.1 Å². The van der Waals surface area contributed by atoms with Gasteiger partial charge in [-0.1, -0.05) is 12.8 Å². The number of amides is 1. The lowest BCUT2D eigenvalue weighted by atomic mass is 10.0. The highest BCUT2D eigenvalue weighted by Gasteiger charge is 2.50. The van der Waals surface area contributed by atoms with Gasteiger partial charge in [0.25, 0.3) is 0 Å². The van der Waals surface area contributed by atoms with Crippen LogP contribution in [0.15, 0.2) is 0 Å². The number of carbonyl (C=O) groups excluding carboxylic acids is 2. The molecule has 2 aliphatic carbocycles. The maximum atomic E-state index is 12.3. The van der Waals surface area contributed by atoms with Crippen molar-refractivity contribution in [2.45, 2.75) is 57.0 Å². The van der Waals surface area contributed by atoms with Gasteiger partial charge in [-0.25, -0.2) is 0 Å². The molecule has 1 N–H and O–H groups in total. The van der Waals surface area contributed by atoms with Gasteiger partial charge in [-0.15, -0.1) is 0 Å². The summed E-state index contributed by atoms with van der Waals surface area (Å²) >= 11 is 0. The predicted octanol–water partition coefficient (Wildman–Crippen LogP) is 1.32. The molecule has 2 atom stereocenters. The van der Waals surface area contributed by atoms with Crippen LogP contribution in [0.4, 0.5) is 0 Å². The van der Waals surface area contributed by atoms with Gasteiger partial charge in [0, 0.05) is 25.2 Å². The summed E-state index contributed by atoms with van der Waals surface area (Å²) in [6, 6.07) is 1.26. The molecule has 5 nitrogen and oxygen atoms in total. The molecule has 5 heteroatoms. The number of carbonyl (C=O) groups is 2. The Kier molecular flexibility index (Phi) is 4.48. The maximum Gasteiger partial charge on any atom is 0.309 e. The van der Waals surface area contributed by atoms with Crippen LogP contribution in [0.5, 0.6) is 0 Å². The van der Waals surface area contributed by atoms with Crippen LogP contribution in [0.1, 0.15) is 44.9 Å². The molecule has 118 valence electrons. The molecule has 1 aliphatic heterocycles. The van der Waals surface area contributed by atoms with E-state index in [1.165, 1.54) is 32.8 Å². The Morgan fingerprint density at radius 3 is 2.24 bits per heavy atom. The van der Waals surface area contributed by atoms with Gasteiger partial charge in [0.1, 0.15) is 0 Å². The number of hydrogen-bond acceptors (Lipinski definition) is 4. The SMILES string of the molecule is COC(=O)[C@@H]1C[C@H]1C(=O)N1CCC(NC2CCCC2)CC1. The molecule has 0 aromatic heterocycles. The lowest BCUT2D eigenvalue weighted by molar-refractivity contribution is -0.145. The van der Waals surface area contributed by atoms with Crippen molar-refractivity contribution in [1.29, 1.82) is 0 Å². The molecular weight excluding hydrogens is 268 g/mol. The van der Waals surface area contributed by atoms with Crippen molar-refractivity contribution in [3.63, 3.8) is 0 Å². The van der Waals surface area contributed by atoms with Crippen molar-refractivity contribution >= 4 is 11.9 Å². The average Bonchev–Trinajstić information content (AvgIpc) is 3.16. The van der Waals surface area contributed by atoms with Crippen molar-refractivity contribution in [2.75, 3.05) is 20.2 Å². The van der Waals surface area contributed by atoms with Crippen LogP contribution in [0.3, 0.4) is 0 Å². The van der Waals surface area contributed by atoms with Gasteiger partial charge in [0.05, 0.1) is 18.9 Å². The zero-order valence-corrected chi connectivity index (χ0v) is 12.8. The van der Waals surface area contributed by atoms with Crippen molar-refractivity contribution < 1.29 is 14.3 Å². The number of piperidine rings is 1. The fourth-order valence-electron chi connectivity index (χ4n) is 3.81. The Morgan fingerprint density at radius 2 is 1.62 bits per heavy atom. The third-order valence-corrected chi connectivity index (χ3v) is 5.24. The van der Waals surface area contributed by atoms with Gasteiger partial charge < -0.3 is 15.0 Å². The van der Waals surface area contributed by atoms with E-state index < -0.39 is 0 Å². The number of hydrogen-bond donors (Lipinski definition) is 1. The van der Waals surface area contributed by atoms with Gasteiger partial charge in [-0.3, -0.25) is 9.59 Å². The molecule has 0 radical (unpaired) electrons. The number of nitrogens with zero attached hydrogens (tertiary/aromatic N) is 1. The molecular formula is C16H26N2O3. The number of methoxy groups -OCH3 is 1. The standard InChI is InChI=1S/C16H26N2O3/c1-21-16(20)14-10-13(14)15(19)18-8-6-12(7-9-18)17-11-4-2-3-5-11/h11-14,17H,2-10H2,1H3/t13-,14-/m1/s1. The van der Waals surface area contributed by atoms with Crippen LogP contribution in [-0.2, 0) is 14.3 Å². The second-order valence-electron chi connectivity index (χ2n) is 6.72. The first kappa shape index (κ1) is 14.8. The average molecular weight is 294 g/mol. The van der Waals surface area contributed by atoms with E-state index in [0.29, 0.717) is 18.5 Å². The van der Waals surface area contributed by atoms with E-state index in [9.17, 15) is 9.59 Å². The van der Waals surface area contributed by atoms with E-state index in [1.54, 1.807) is 0 Å². The zero-order chi connectivity index (χ0) is 14.8. The quantitative estimate of drug-likeness (QED) is 0.795. The van der Waals surface area contributed by atoms with E-state index >= 15 is 0 Å². The zero-order valence-electron chi connectivity index (χ0n) is 12.8. The second-order valence-corrected chi connectivity index (χ2v) is 6.72. The van der Waals surface area contributed by atoms with Crippen LogP contribution < -0.4 is 5.32 Å². The molecule has 1 heterocycles. The lowest BCUT2D eigenvalue weighted by Gasteiger charge is -2.34. The first-order valence-electron chi connectivity index (χ1n) is 8.31. The van der Waals surface area contributed by atoms with Gasteiger partial charge >= 0.3 is 5.97 Å². The Morgan fingerprint density at radius 1 is 1.00 bits per heavy atom. The molecule has 0 aromatic carbocycles. The summed E-state index contributed by atoms with van der Waals surface area (Å²) in [5.41, 5.74) is 0. The number of esters is 1. The van der Waals surface area contributed by atoms with E-state index in [2.05, 4.69) is 5.32 Å². The third-order valence-electron chi connectivity index (χ3n) is 5.24. The van der Waals surface area contributed by atoms with Crippen LogP contribution in [-0.4, -0.2) is 49.1 Å². The van der Waals surface area contributed by atoms with Crippen LogP contribution in [0.25, 0.3) is 0 Å². The maximum absolute atomic E-state index is 12.3. The monoisotopic (exact) mass is 294 g/mol. The summed E-state index contributed by atoms with van der Waals surface area (Å²) in [6.45, 7) is 1.65. The highest BCUT2D eigenvalue weighted by Crippen LogP contribution is 2.41. The molecule has 3 aliphatic rings. The Balaban J connectivity index is 1.41. The normalized spacial score (nSPS) is 30.4. The van der Waals surface area contributed by atoms with Gasteiger partial charge in [0.15, 0.2) is 0 Å². The first-order chi connectivity index (χ1) is 10.2. The van der Waals surface area contributed by atoms with Gasteiger partial charge in [0.2, 0.25) is 5.91 Å². The highest BCUT2D eigenvalue weighted by atomic mass is 16.5. The van der Waals surface area contributed by atoms with Crippen LogP contribution >= 0.6 is 0 Å². The minimum atomic E-state index is -0.230. The molecule has 2 saturated carbocycles. The fourth-order valence-corrected chi connectivity index (χ4v) is 3.81. The van der Waals surface area contributed by atoms with Crippen molar-refractivity contribution in [2.24, 2.45) is 11.8 Å². The second kappa shape index (κ2) is 6.34. The Bertz CT molecular complexity index is 398. The molecule has 3 fully saturated rings. The number of ether oxygens (including phenoxy) is 1. The smallest absolute Gasteiger partial charge is 0.309 e. The Hall–Kier alpha value is -1.10. The molecule has 0 aromatic rings. The van der Waals surface area contributed by atoms with E-state index in [4.69, 9.17) is 4.74 Å². The molecule has 0 spiro atoms. The summed E-state index contributed by atoms with van der Waals surface area (Å²) in [4.78, 5) is 25.7. The molecule has 1 amide bonds. The molecule has 0 bridgehead atoms. The number of rotatable bonds is 4. The van der Waals surface area contributed by atoms with Crippen LogP contribution in [0, 0.1) is 11.8 Å². The largest absolute Gasteiger partial charge is 0.469 e. The summed E-state index contributed by atoms with van der Waals surface area (Å²) in [5, 5.41) is 3.75. The minimum Gasteiger partial charge on any atom is -0.469 e. The molecule has 3 rings (SSSR count). The van der Waals surface area contributed by atoms with Crippen molar-refractivity contribution in [1.82, 2.24) is 10.2 Å². The summed E-state index contributed by atoms with van der Waals surface area (Å²) in [6.07, 6.45) is 8.07. The summed E-state index contributed by atoms with van der Waals surface area (Å²) in [7, 11) is 1.39. The summed E-state index contributed by atoms with van der Waals surface area (Å²) in [5.74, 6) is -0.371. The predicted molar refractivity (Wildman–Crippen MR) is 78.6 cm³/mol. The lowest BCUT2D eigenvalue weighted by Crippen LogP contribution is -2.47. The molecule has 1 saturated heterocycles. The van der Waals surface area contributed by atoms with Crippen molar-refractivity contribution in [3.05, 3.63) is 0 Å². The summed E-state index contributed by atoms with van der Waals surface area (Å²) < 4.78 is 4.71. The van der Waals surface area contributed by atoms with Crippen molar-refractivity contribution in [3.8, 4) is 0 Å². The number of likely N-dealkylation sites (tertiary alicyclic amines) is 1. The molecule has 0 unspecified atom stereocenters. The number of nitrogens with one attached hydrogen (secondary N) is 1. The van der Waals surface area contributed by atoms with Crippen LogP contribution in [0.2, 0.25) is 0 Å². The third kappa shape index (κ3) is 3.39. The molecule has 21 heavy (non-hydrogen) atoms. The first-order valence-corrected chi connectivity index (χ1v) is 8.31. The van der Waals surface area contributed by atoms with E-state index in [-0.39, 0.29) is 23.7 Å². The topological polar surface area (TPSA) is 58.6 Å². The Labute approximate surface area is 126 Å². The minimum absolute atomic E-state index is 0.114. The fraction of sp³-hybridized carbons (Fsp3) is 0.875. The highest BCUT2D eigenvalue weighted by molar-refractivity contribution is 5.90. The van der Waals surface area contributed by atoms with E-state index in [0.717, 1.165) is 25.9 Å². The van der Waals surface area contributed by atoms with Gasteiger partial charge in [-0.2, -0.15) is 0 Å². The van der Waals surface area contributed by atoms with E-state index in [1.807, 2.05) is 4.90 Å².